The number of aromatic nitrogens is 2. The molecular weight excluding hydrogens is 993 g/mol. The van der Waals surface area contributed by atoms with Gasteiger partial charge in [0.1, 0.15) is 39.1 Å². The number of allylic oxidation sites excluding steroid dienone is 1. The van der Waals surface area contributed by atoms with Crippen LogP contribution in [-0.2, 0) is 0 Å². The highest BCUT2D eigenvalue weighted by Gasteiger charge is 2.24. The van der Waals surface area contributed by atoms with E-state index in [0.717, 1.165) is 110 Å². The van der Waals surface area contributed by atoms with Gasteiger partial charge in [-0.3, -0.25) is 0 Å². The molecule has 0 saturated carbocycles. The Labute approximate surface area is 454 Å². The van der Waals surface area contributed by atoms with Gasteiger partial charge in [-0.25, -0.2) is 9.97 Å². The van der Waals surface area contributed by atoms with Crippen molar-refractivity contribution in [3.8, 4) is 56.0 Å². The van der Waals surface area contributed by atoms with Gasteiger partial charge in [0.25, 0.3) is 0 Å². The van der Waals surface area contributed by atoms with Gasteiger partial charge in [0, 0.05) is 78.8 Å². The van der Waals surface area contributed by atoms with Crippen molar-refractivity contribution in [3.05, 3.63) is 241 Å². The van der Waals surface area contributed by atoms with E-state index in [0.29, 0.717) is 17.1 Å². The van der Waals surface area contributed by atoms with Crippen LogP contribution in [-0.4, -0.2) is 9.97 Å². The van der Waals surface area contributed by atoms with Gasteiger partial charge < -0.3 is 13.3 Å². The van der Waals surface area contributed by atoms with E-state index in [9.17, 15) is 0 Å². The van der Waals surface area contributed by atoms with Gasteiger partial charge in [0.2, 0.25) is 0 Å². The van der Waals surface area contributed by atoms with Crippen molar-refractivity contribution in [1.82, 2.24) is 9.97 Å². The summed E-state index contributed by atoms with van der Waals surface area (Å²) in [6, 6.07) is 75.1. The molecular formula is C71H42N2O3S2. The van der Waals surface area contributed by atoms with E-state index in [-0.39, 0.29) is 0 Å². The molecule has 366 valence electrons. The standard InChI is InChI=1S/C71H42N2O3S2/c1-3-47(69-48(4-2)51-20-6-9-27-63(51)77-69)44-16-11-15-40(35-44)43-31-34-61-57(39-43)67-68(76-61)66(46-18-12-17-45(36-46)49-22-13-23-53-52-21-7-10-28-64(52)78-70(49)53)72-71(73-67)54-24-14-26-62-65(54)56-38-42(30-33-60(56)75-62)41-29-32-59-55(37-41)50-19-5-8-25-58(50)74-59/h3-39H,2H2,1H3/b47-3-. The number of fused-ring (bicyclic) bond motifs is 13. The summed E-state index contributed by atoms with van der Waals surface area (Å²) >= 11 is 3.64. The van der Waals surface area contributed by atoms with Gasteiger partial charge in [0.05, 0.1) is 0 Å². The van der Waals surface area contributed by atoms with Gasteiger partial charge >= 0.3 is 0 Å². The first kappa shape index (κ1) is 44.6. The lowest BCUT2D eigenvalue weighted by Crippen LogP contribution is -1.95. The molecule has 5 nitrogen and oxygen atoms in total. The zero-order valence-corrected chi connectivity index (χ0v) is 43.6. The fraction of sp³-hybridized carbons (Fsp3) is 0.0141. The number of para-hydroxylation sites is 1. The van der Waals surface area contributed by atoms with Crippen LogP contribution in [0.15, 0.2) is 238 Å². The lowest BCUT2D eigenvalue weighted by Gasteiger charge is -2.10. The molecule has 6 aromatic heterocycles. The SMILES string of the molecule is C=Cc1c(/C(=C\C)c2cccc(-c3ccc4oc5c(-c6cccc(-c7cccc8c7sc7ccccc78)c6)nc(-c6cccc7oc8ccc(-c9ccc%10oc%11ccccc%11c%10c9)cc8c67)nc5c4c3)c2)sc2ccccc12. The van der Waals surface area contributed by atoms with Crippen LogP contribution < -0.4 is 0 Å². The molecule has 78 heavy (non-hydrogen) atoms. The number of rotatable bonds is 8. The molecule has 0 spiro atoms. The van der Waals surface area contributed by atoms with Crippen LogP contribution in [0.25, 0.3) is 164 Å². The molecule has 0 unspecified atom stereocenters. The van der Waals surface area contributed by atoms with Crippen LogP contribution >= 0.6 is 22.7 Å². The average Bonchev–Trinajstić information content (AvgIpc) is 4.46. The van der Waals surface area contributed by atoms with Gasteiger partial charge in [-0.05, 0) is 124 Å². The van der Waals surface area contributed by atoms with Crippen molar-refractivity contribution in [2.24, 2.45) is 0 Å². The summed E-state index contributed by atoms with van der Waals surface area (Å²) in [4.78, 5) is 12.3. The molecule has 0 bridgehead atoms. The minimum Gasteiger partial charge on any atom is -0.456 e. The molecule has 6 heterocycles. The van der Waals surface area contributed by atoms with Gasteiger partial charge in [-0.15, -0.1) is 22.7 Å². The summed E-state index contributed by atoms with van der Waals surface area (Å²) in [6.45, 7) is 6.35. The van der Waals surface area contributed by atoms with E-state index in [2.05, 4.69) is 208 Å². The van der Waals surface area contributed by atoms with Crippen molar-refractivity contribution in [1.29, 1.82) is 0 Å². The second-order valence-electron chi connectivity index (χ2n) is 19.9. The average molecular weight is 1040 g/mol. The largest absolute Gasteiger partial charge is 0.456 e. The first-order valence-corrected chi connectivity index (χ1v) is 27.7. The molecule has 0 aliphatic carbocycles. The normalized spacial score (nSPS) is 12.3. The Balaban J connectivity index is 0.885. The second kappa shape index (κ2) is 17.4. The molecule has 0 aliphatic heterocycles. The predicted octanol–water partition coefficient (Wildman–Crippen LogP) is 21.2. The van der Waals surface area contributed by atoms with Gasteiger partial charge in [0.15, 0.2) is 11.4 Å². The van der Waals surface area contributed by atoms with Crippen molar-refractivity contribution in [3.63, 3.8) is 0 Å². The number of hydrogen-bond donors (Lipinski definition) is 0. The highest BCUT2D eigenvalue weighted by Crippen LogP contribution is 2.46. The fourth-order valence-electron chi connectivity index (χ4n) is 11.8. The lowest BCUT2D eigenvalue weighted by molar-refractivity contribution is 0.667. The minimum absolute atomic E-state index is 0.577. The highest BCUT2D eigenvalue weighted by atomic mass is 32.1. The molecule has 0 N–H and O–H groups in total. The lowest BCUT2D eigenvalue weighted by atomic mass is 9.95. The van der Waals surface area contributed by atoms with E-state index < -0.39 is 0 Å². The minimum atomic E-state index is 0.577. The molecule has 16 rings (SSSR count). The summed E-state index contributed by atoms with van der Waals surface area (Å²) in [5, 5.41) is 8.76. The molecule has 0 aliphatic rings. The molecule has 7 heteroatoms. The number of furan rings is 3. The van der Waals surface area contributed by atoms with E-state index >= 15 is 0 Å². The first-order chi connectivity index (χ1) is 38.5. The monoisotopic (exact) mass is 1030 g/mol. The second-order valence-corrected chi connectivity index (χ2v) is 22.0. The van der Waals surface area contributed by atoms with Crippen LogP contribution in [0.5, 0.6) is 0 Å². The highest BCUT2D eigenvalue weighted by molar-refractivity contribution is 7.26. The smallest absolute Gasteiger partial charge is 0.180 e. The molecule has 0 saturated heterocycles. The zero-order valence-electron chi connectivity index (χ0n) is 42.0. The Morgan fingerprint density at radius 1 is 0.436 bits per heavy atom. The molecule has 16 aromatic rings. The molecule has 10 aromatic carbocycles. The van der Waals surface area contributed by atoms with Crippen molar-refractivity contribution < 1.29 is 13.3 Å². The van der Waals surface area contributed by atoms with Crippen LogP contribution in [0.2, 0.25) is 0 Å². The maximum Gasteiger partial charge on any atom is 0.180 e. The van der Waals surface area contributed by atoms with E-state index in [1.54, 1.807) is 0 Å². The Bertz CT molecular complexity index is 5210. The van der Waals surface area contributed by atoms with E-state index in [1.807, 2.05) is 53.0 Å². The third kappa shape index (κ3) is 6.92. The number of hydrogen-bond acceptors (Lipinski definition) is 7. The van der Waals surface area contributed by atoms with Crippen molar-refractivity contribution in [2.45, 2.75) is 6.92 Å². The third-order valence-electron chi connectivity index (χ3n) is 15.5. The Hall–Kier alpha value is -9.66. The topological polar surface area (TPSA) is 65.2 Å². The zero-order chi connectivity index (χ0) is 51.6. The van der Waals surface area contributed by atoms with Crippen LogP contribution in [0.1, 0.15) is 22.9 Å². The number of nitrogens with zero attached hydrogens (tertiary/aromatic N) is 2. The van der Waals surface area contributed by atoms with Crippen LogP contribution in [0.4, 0.5) is 0 Å². The Kier molecular flexibility index (Phi) is 9.98. The quantitative estimate of drug-likeness (QED) is 0.152. The van der Waals surface area contributed by atoms with E-state index in [4.69, 9.17) is 23.2 Å². The Morgan fingerprint density at radius 3 is 1.85 bits per heavy atom. The Morgan fingerprint density at radius 2 is 1.03 bits per heavy atom. The van der Waals surface area contributed by atoms with Gasteiger partial charge in [-0.1, -0.05) is 158 Å². The van der Waals surface area contributed by atoms with Crippen LogP contribution in [0.3, 0.4) is 0 Å². The maximum atomic E-state index is 6.96. The summed E-state index contributed by atoms with van der Waals surface area (Å²) < 4.78 is 23.6. The predicted molar refractivity (Wildman–Crippen MR) is 329 cm³/mol. The van der Waals surface area contributed by atoms with Crippen molar-refractivity contribution >= 4 is 131 Å². The van der Waals surface area contributed by atoms with Crippen molar-refractivity contribution in [2.75, 3.05) is 0 Å². The molecule has 0 atom stereocenters. The summed E-state index contributed by atoms with van der Waals surface area (Å²) in [7, 11) is 0. The maximum absolute atomic E-state index is 6.96. The molecule has 0 radical (unpaired) electrons. The van der Waals surface area contributed by atoms with Gasteiger partial charge in [-0.2, -0.15) is 0 Å². The van der Waals surface area contributed by atoms with E-state index in [1.165, 1.54) is 46.3 Å². The van der Waals surface area contributed by atoms with Crippen LogP contribution in [0, 0.1) is 0 Å². The number of thiophene rings is 2. The first-order valence-electron chi connectivity index (χ1n) is 26.1. The summed E-state index contributed by atoms with van der Waals surface area (Å²) in [5.41, 5.74) is 18.0. The number of benzene rings is 10. The third-order valence-corrected chi connectivity index (χ3v) is 17.9. The fourth-order valence-corrected chi connectivity index (χ4v) is 14.4. The summed E-state index contributed by atoms with van der Waals surface area (Å²) in [5.74, 6) is 0.577. The summed E-state index contributed by atoms with van der Waals surface area (Å²) in [6.07, 6.45) is 4.21. The molecule has 0 fully saturated rings. The molecule has 0 amide bonds.